The third kappa shape index (κ3) is 5.28. The van der Waals surface area contributed by atoms with E-state index < -0.39 is 0 Å². The average Bonchev–Trinajstić information content (AvgIpc) is 2.87. The fraction of sp³-hybridized carbons (Fsp3) is 0.579. The van der Waals surface area contributed by atoms with Crippen molar-refractivity contribution in [2.75, 3.05) is 50.9 Å². The molecule has 0 saturated carbocycles. The van der Waals surface area contributed by atoms with E-state index in [4.69, 9.17) is 4.98 Å². The highest BCUT2D eigenvalue weighted by molar-refractivity contribution is 5.90. The van der Waals surface area contributed by atoms with Gasteiger partial charge in [0, 0.05) is 18.0 Å². The SMILES string of the molecule is CN(C)CCCNc1nc(NC2CCCNCC2)c2ccccc2n1. The summed E-state index contributed by atoms with van der Waals surface area (Å²) >= 11 is 0. The lowest BCUT2D eigenvalue weighted by Crippen LogP contribution is -2.22. The Labute approximate surface area is 150 Å². The predicted molar refractivity (Wildman–Crippen MR) is 105 cm³/mol. The van der Waals surface area contributed by atoms with Gasteiger partial charge in [-0.05, 0) is 71.5 Å². The van der Waals surface area contributed by atoms with E-state index in [1.165, 1.54) is 12.8 Å². The topological polar surface area (TPSA) is 65.1 Å². The molecular weight excluding hydrogens is 312 g/mol. The quantitative estimate of drug-likeness (QED) is 0.672. The van der Waals surface area contributed by atoms with E-state index in [0.717, 1.165) is 55.7 Å². The molecule has 0 aliphatic carbocycles. The average molecular weight is 342 g/mol. The van der Waals surface area contributed by atoms with Crippen molar-refractivity contribution in [1.82, 2.24) is 20.2 Å². The largest absolute Gasteiger partial charge is 0.367 e. The van der Waals surface area contributed by atoms with Crippen LogP contribution in [0.3, 0.4) is 0 Å². The molecule has 0 spiro atoms. The number of anilines is 2. The maximum atomic E-state index is 4.77. The molecule has 2 heterocycles. The second kappa shape index (κ2) is 8.97. The first kappa shape index (κ1) is 17.9. The lowest BCUT2D eigenvalue weighted by atomic mass is 10.1. The zero-order valence-electron chi connectivity index (χ0n) is 15.4. The van der Waals surface area contributed by atoms with Gasteiger partial charge in [-0.2, -0.15) is 4.98 Å². The van der Waals surface area contributed by atoms with Gasteiger partial charge in [-0.1, -0.05) is 12.1 Å². The van der Waals surface area contributed by atoms with E-state index in [1.54, 1.807) is 0 Å². The minimum Gasteiger partial charge on any atom is -0.367 e. The van der Waals surface area contributed by atoms with Gasteiger partial charge in [-0.15, -0.1) is 0 Å². The summed E-state index contributed by atoms with van der Waals surface area (Å²) in [6.45, 7) is 4.11. The smallest absolute Gasteiger partial charge is 0.225 e. The Balaban J connectivity index is 1.75. The lowest BCUT2D eigenvalue weighted by Gasteiger charge is -2.19. The molecule has 1 aromatic heterocycles. The first-order valence-corrected chi connectivity index (χ1v) is 9.35. The van der Waals surface area contributed by atoms with E-state index in [2.05, 4.69) is 58.1 Å². The number of para-hydroxylation sites is 1. The van der Waals surface area contributed by atoms with Crippen LogP contribution in [0.1, 0.15) is 25.7 Å². The first-order valence-electron chi connectivity index (χ1n) is 9.35. The molecule has 1 aromatic carbocycles. The molecule has 0 amide bonds. The summed E-state index contributed by atoms with van der Waals surface area (Å²) in [4.78, 5) is 11.6. The molecule has 136 valence electrons. The van der Waals surface area contributed by atoms with E-state index >= 15 is 0 Å². The molecule has 2 aromatic rings. The number of rotatable bonds is 7. The van der Waals surface area contributed by atoms with Crippen LogP contribution in [0, 0.1) is 0 Å². The highest BCUT2D eigenvalue weighted by Crippen LogP contribution is 2.24. The van der Waals surface area contributed by atoms with Crippen LogP contribution in [0.4, 0.5) is 11.8 Å². The van der Waals surface area contributed by atoms with Crippen LogP contribution in [0.2, 0.25) is 0 Å². The molecule has 1 aliphatic heterocycles. The molecule has 6 heteroatoms. The van der Waals surface area contributed by atoms with Gasteiger partial charge in [0.2, 0.25) is 5.95 Å². The molecule has 1 aliphatic rings. The Morgan fingerprint density at radius 1 is 1.16 bits per heavy atom. The summed E-state index contributed by atoms with van der Waals surface area (Å²) in [5.41, 5.74) is 0.988. The number of fused-ring (bicyclic) bond motifs is 1. The molecular formula is C19H30N6. The summed E-state index contributed by atoms with van der Waals surface area (Å²) < 4.78 is 0. The monoisotopic (exact) mass is 342 g/mol. The number of nitrogens with one attached hydrogen (secondary N) is 3. The second-order valence-corrected chi connectivity index (χ2v) is 7.02. The maximum Gasteiger partial charge on any atom is 0.225 e. The standard InChI is InChI=1S/C19H30N6/c1-25(2)14-6-12-21-19-23-17-9-4-3-8-16(17)18(24-19)22-15-7-5-11-20-13-10-15/h3-4,8-9,15,20H,5-7,10-14H2,1-2H3,(H2,21,22,23,24). The molecule has 0 bridgehead atoms. The van der Waals surface area contributed by atoms with Crippen LogP contribution in [0.15, 0.2) is 24.3 Å². The normalized spacial score (nSPS) is 18.3. The first-order chi connectivity index (χ1) is 12.2. The molecule has 0 radical (unpaired) electrons. The third-order valence-corrected chi connectivity index (χ3v) is 4.59. The van der Waals surface area contributed by atoms with Crippen molar-refractivity contribution in [2.45, 2.75) is 31.7 Å². The van der Waals surface area contributed by atoms with Crippen LogP contribution < -0.4 is 16.0 Å². The zero-order valence-corrected chi connectivity index (χ0v) is 15.4. The lowest BCUT2D eigenvalue weighted by molar-refractivity contribution is 0.405. The minimum atomic E-state index is 0.467. The van der Waals surface area contributed by atoms with E-state index in [1.807, 2.05) is 6.07 Å². The van der Waals surface area contributed by atoms with Crippen molar-refractivity contribution in [3.05, 3.63) is 24.3 Å². The molecule has 6 nitrogen and oxygen atoms in total. The number of aromatic nitrogens is 2. The molecule has 3 rings (SSSR count). The van der Waals surface area contributed by atoms with E-state index in [0.29, 0.717) is 12.0 Å². The Morgan fingerprint density at radius 3 is 2.92 bits per heavy atom. The number of nitrogens with zero attached hydrogens (tertiary/aromatic N) is 3. The third-order valence-electron chi connectivity index (χ3n) is 4.59. The van der Waals surface area contributed by atoms with Gasteiger partial charge in [0.05, 0.1) is 5.52 Å². The second-order valence-electron chi connectivity index (χ2n) is 7.02. The molecule has 1 atom stereocenters. The summed E-state index contributed by atoms with van der Waals surface area (Å²) in [7, 11) is 4.19. The van der Waals surface area contributed by atoms with Gasteiger partial charge in [-0.25, -0.2) is 4.98 Å². The molecule has 1 unspecified atom stereocenters. The molecule has 1 saturated heterocycles. The molecule has 25 heavy (non-hydrogen) atoms. The molecule has 1 fully saturated rings. The number of hydrogen-bond acceptors (Lipinski definition) is 6. The zero-order chi connectivity index (χ0) is 17.5. The maximum absolute atomic E-state index is 4.77. The van der Waals surface area contributed by atoms with Crippen LogP contribution in [0.5, 0.6) is 0 Å². The van der Waals surface area contributed by atoms with Gasteiger partial charge in [0.1, 0.15) is 5.82 Å². The summed E-state index contributed by atoms with van der Waals surface area (Å²) in [5.74, 6) is 1.67. The molecule has 3 N–H and O–H groups in total. The van der Waals surface area contributed by atoms with Crippen LogP contribution >= 0.6 is 0 Å². The fourth-order valence-electron chi connectivity index (χ4n) is 3.22. The van der Waals surface area contributed by atoms with Gasteiger partial charge < -0.3 is 20.9 Å². The van der Waals surface area contributed by atoms with Crippen molar-refractivity contribution >= 4 is 22.7 Å². The van der Waals surface area contributed by atoms with Crippen molar-refractivity contribution in [2.24, 2.45) is 0 Å². The fourth-order valence-corrected chi connectivity index (χ4v) is 3.22. The van der Waals surface area contributed by atoms with Gasteiger partial charge in [0.15, 0.2) is 0 Å². The van der Waals surface area contributed by atoms with E-state index in [9.17, 15) is 0 Å². The van der Waals surface area contributed by atoms with Crippen LogP contribution in [-0.2, 0) is 0 Å². The predicted octanol–water partition coefficient (Wildman–Crippen LogP) is 2.55. The summed E-state index contributed by atoms with van der Waals surface area (Å²) in [5, 5.41) is 11.6. The van der Waals surface area contributed by atoms with Crippen LogP contribution in [-0.4, -0.2) is 61.2 Å². The Kier molecular flexibility index (Phi) is 6.42. The highest BCUT2D eigenvalue weighted by atomic mass is 15.2. The Hall–Kier alpha value is -1.92. The van der Waals surface area contributed by atoms with E-state index in [-0.39, 0.29) is 0 Å². The van der Waals surface area contributed by atoms with Crippen molar-refractivity contribution < 1.29 is 0 Å². The number of benzene rings is 1. The van der Waals surface area contributed by atoms with Gasteiger partial charge in [0.25, 0.3) is 0 Å². The Morgan fingerprint density at radius 2 is 2.04 bits per heavy atom. The van der Waals surface area contributed by atoms with Crippen molar-refractivity contribution in [1.29, 1.82) is 0 Å². The number of hydrogen-bond donors (Lipinski definition) is 3. The minimum absolute atomic E-state index is 0.467. The highest BCUT2D eigenvalue weighted by Gasteiger charge is 2.15. The Bertz CT molecular complexity index is 664. The van der Waals surface area contributed by atoms with Gasteiger partial charge >= 0.3 is 0 Å². The van der Waals surface area contributed by atoms with Crippen molar-refractivity contribution in [3.63, 3.8) is 0 Å². The summed E-state index contributed by atoms with van der Waals surface area (Å²) in [6, 6.07) is 8.71. The van der Waals surface area contributed by atoms with Gasteiger partial charge in [-0.3, -0.25) is 0 Å². The van der Waals surface area contributed by atoms with Crippen molar-refractivity contribution in [3.8, 4) is 0 Å². The summed E-state index contributed by atoms with van der Waals surface area (Å²) in [6.07, 6.45) is 4.58. The van der Waals surface area contributed by atoms with Crippen LogP contribution in [0.25, 0.3) is 10.9 Å².